The molecule has 38 heavy (non-hydrogen) atoms. The number of methoxy groups -OCH3 is 1. The standard InChI is InChI=1S/C31H25ClN2O4/c1-36-30-18-24(13-16-29(30)38-20-23-7-3-2-4-8-23)21-37-26-14-11-22(12-15-26)17-25(19-33)31(35)34-28-10-6-5-9-27(28)32/h2-18H,20-21H2,1H3,(H,34,35)/b25-17+. The van der Waals surface area contributed by atoms with Crippen LogP contribution in [0.4, 0.5) is 5.69 Å². The van der Waals surface area contributed by atoms with E-state index in [-0.39, 0.29) is 5.57 Å². The predicted molar refractivity (Wildman–Crippen MR) is 148 cm³/mol. The monoisotopic (exact) mass is 524 g/mol. The number of nitriles is 1. The van der Waals surface area contributed by atoms with E-state index in [0.29, 0.717) is 46.7 Å². The third-order valence-electron chi connectivity index (χ3n) is 5.55. The van der Waals surface area contributed by atoms with Crippen LogP contribution in [-0.2, 0) is 18.0 Å². The van der Waals surface area contributed by atoms with Gasteiger partial charge in [-0.2, -0.15) is 5.26 Å². The van der Waals surface area contributed by atoms with Crippen LogP contribution in [0, 0.1) is 11.3 Å². The Morgan fingerprint density at radius 1 is 0.868 bits per heavy atom. The van der Waals surface area contributed by atoms with Crippen LogP contribution < -0.4 is 19.5 Å². The van der Waals surface area contributed by atoms with Crippen molar-refractivity contribution in [2.24, 2.45) is 0 Å². The van der Waals surface area contributed by atoms with Crippen molar-refractivity contribution in [3.8, 4) is 23.3 Å². The maximum atomic E-state index is 12.5. The third kappa shape index (κ3) is 7.16. The number of para-hydroxylation sites is 1. The fourth-order valence-electron chi connectivity index (χ4n) is 3.55. The molecule has 6 nitrogen and oxygen atoms in total. The van der Waals surface area contributed by atoms with Gasteiger partial charge < -0.3 is 19.5 Å². The highest BCUT2D eigenvalue weighted by Crippen LogP contribution is 2.29. The molecule has 0 aliphatic heterocycles. The normalized spacial score (nSPS) is 10.8. The van der Waals surface area contributed by atoms with Crippen molar-refractivity contribution in [3.63, 3.8) is 0 Å². The quantitative estimate of drug-likeness (QED) is 0.177. The summed E-state index contributed by atoms with van der Waals surface area (Å²) in [6, 6.07) is 31.5. The molecule has 0 saturated carbocycles. The summed E-state index contributed by atoms with van der Waals surface area (Å²) in [5.74, 6) is 1.39. The molecule has 4 rings (SSSR count). The molecule has 4 aromatic carbocycles. The second kappa shape index (κ2) is 13.0. The number of amides is 1. The van der Waals surface area contributed by atoms with E-state index in [1.165, 1.54) is 6.08 Å². The maximum Gasteiger partial charge on any atom is 0.266 e. The van der Waals surface area contributed by atoms with Gasteiger partial charge in [-0.05, 0) is 59.2 Å². The summed E-state index contributed by atoms with van der Waals surface area (Å²) in [5, 5.41) is 12.5. The molecule has 0 aliphatic rings. The van der Waals surface area contributed by atoms with Crippen molar-refractivity contribution in [1.29, 1.82) is 5.26 Å². The van der Waals surface area contributed by atoms with E-state index in [9.17, 15) is 10.1 Å². The van der Waals surface area contributed by atoms with Gasteiger partial charge in [-0.3, -0.25) is 4.79 Å². The van der Waals surface area contributed by atoms with Crippen LogP contribution >= 0.6 is 11.6 Å². The van der Waals surface area contributed by atoms with Gasteiger partial charge in [-0.1, -0.05) is 72.3 Å². The number of halogens is 1. The maximum absolute atomic E-state index is 12.5. The molecule has 0 aliphatic carbocycles. The lowest BCUT2D eigenvalue weighted by Crippen LogP contribution is -2.13. The Labute approximate surface area is 226 Å². The molecule has 1 amide bonds. The van der Waals surface area contributed by atoms with E-state index in [1.807, 2.05) is 54.6 Å². The number of hydrogen-bond donors (Lipinski definition) is 1. The first kappa shape index (κ1) is 26.3. The largest absolute Gasteiger partial charge is 0.493 e. The molecule has 0 saturated heterocycles. The molecule has 0 atom stereocenters. The first-order valence-electron chi connectivity index (χ1n) is 11.8. The van der Waals surface area contributed by atoms with Crippen LogP contribution in [0.1, 0.15) is 16.7 Å². The van der Waals surface area contributed by atoms with Gasteiger partial charge in [-0.25, -0.2) is 0 Å². The molecular weight excluding hydrogens is 500 g/mol. The predicted octanol–water partition coefficient (Wildman–Crippen LogP) is 7.05. The average Bonchev–Trinajstić information content (AvgIpc) is 2.96. The van der Waals surface area contributed by atoms with Crippen LogP contribution in [0.5, 0.6) is 17.2 Å². The minimum Gasteiger partial charge on any atom is -0.493 e. The number of benzene rings is 4. The van der Waals surface area contributed by atoms with Crippen molar-refractivity contribution >= 4 is 29.3 Å². The molecular formula is C31H25ClN2O4. The van der Waals surface area contributed by atoms with Gasteiger partial charge in [0.05, 0.1) is 17.8 Å². The smallest absolute Gasteiger partial charge is 0.266 e. The number of ether oxygens (including phenoxy) is 3. The minimum atomic E-state index is -0.536. The highest BCUT2D eigenvalue weighted by molar-refractivity contribution is 6.34. The first-order valence-corrected chi connectivity index (χ1v) is 12.2. The summed E-state index contributed by atoms with van der Waals surface area (Å²) in [4.78, 5) is 12.5. The van der Waals surface area contributed by atoms with E-state index in [4.69, 9.17) is 25.8 Å². The summed E-state index contributed by atoms with van der Waals surface area (Å²) >= 11 is 6.09. The van der Waals surface area contributed by atoms with Gasteiger partial charge in [0.1, 0.15) is 30.6 Å². The van der Waals surface area contributed by atoms with Gasteiger partial charge in [-0.15, -0.1) is 0 Å². The molecule has 0 aromatic heterocycles. The van der Waals surface area contributed by atoms with Gasteiger partial charge in [0.2, 0.25) is 0 Å². The number of anilines is 1. The fourth-order valence-corrected chi connectivity index (χ4v) is 3.73. The van der Waals surface area contributed by atoms with Crippen LogP contribution in [0.3, 0.4) is 0 Å². The van der Waals surface area contributed by atoms with Gasteiger partial charge in [0.25, 0.3) is 5.91 Å². The summed E-state index contributed by atoms with van der Waals surface area (Å²) in [6.45, 7) is 0.775. The Morgan fingerprint density at radius 3 is 2.29 bits per heavy atom. The summed E-state index contributed by atoms with van der Waals surface area (Å²) in [5.41, 5.74) is 3.07. The van der Waals surface area contributed by atoms with E-state index in [0.717, 1.165) is 11.1 Å². The number of nitrogens with zero attached hydrogens (tertiary/aromatic N) is 1. The highest BCUT2D eigenvalue weighted by atomic mass is 35.5. The minimum absolute atomic E-state index is 0.0414. The average molecular weight is 525 g/mol. The van der Waals surface area contributed by atoms with Gasteiger partial charge in [0.15, 0.2) is 11.5 Å². The number of hydrogen-bond acceptors (Lipinski definition) is 5. The molecule has 0 heterocycles. The Morgan fingerprint density at radius 2 is 1.58 bits per heavy atom. The Balaban J connectivity index is 1.35. The van der Waals surface area contributed by atoms with Crippen LogP contribution in [0.2, 0.25) is 5.02 Å². The van der Waals surface area contributed by atoms with Crippen LogP contribution in [0.25, 0.3) is 6.08 Å². The first-order chi connectivity index (χ1) is 18.6. The molecule has 190 valence electrons. The van der Waals surface area contributed by atoms with Gasteiger partial charge >= 0.3 is 0 Å². The lowest BCUT2D eigenvalue weighted by Gasteiger charge is -2.13. The molecule has 0 fully saturated rings. The number of nitrogens with one attached hydrogen (secondary N) is 1. The van der Waals surface area contributed by atoms with Gasteiger partial charge in [0, 0.05) is 0 Å². The van der Waals surface area contributed by atoms with Crippen LogP contribution in [0.15, 0.2) is 103 Å². The topological polar surface area (TPSA) is 80.6 Å². The molecule has 7 heteroatoms. The second-order valence-corrected chi connectivity index (χ2v) is 8.63. The van der Waals surface area contributed by atoms with E-state index in [2.05, 4.69) is 5.32 Å². The van der Waals surface area contributed by atoms with Crippen LogP contribution in [-0.4, -0.2) is 13.0 Å². The Hall–Kier alpha value is -4.73. The van der Waals surface area contributed by atoms with E-state index < -0.39 is 5.91 Å². The number of carbonyl (C=O) groups excluding carboxylic acids is 1. The van der Waals surface area contributed by atoms with E-state index in [1.54, 1.807) is 55.6 Å². The number of rotatable bonds is 10. The Bertz CT molecular complexity index is 1460. The lowest BCUT2D eigenvalue weighted by atomic mass is 10.1. The number of carbonyl (C=O) groups is 1. The van der Waals surface area contributed by atoms with Crippen molar-refractivity contribution in [1.82, 2.24) is 0 Å². The zero-order valence-corrected chi connectivity index (χ0v) is 21.4. The van der Waals surface area contributed by atoms with Crippen molar-refractivity contribution < 1.29 is 19.0 Å². The second-order valence-electron chi connectivity index (χ2n) is 8.22. The molecule has 0 radical (unpaired) electrons. The van der Waals surface area contributed by atoms with E-state index >= 15 is 0 Å². The molecule has 4 aromatic rings. The summed E-state index contributed by atoms with van der Waals surface area (Å²) < 4.78 is 17.3. The SMILES string of the molecule is COc1cc(COc2ccc(/C=C(\C#N)C(=O)Nc3ccccc3Cl)cc2)ccc1OCc1ccccc1. The molecule has 1 N–H and O–H groups in total. The zero-order chi connectivity index (χ0) is 26.7. The zero-order valence-electron chi connectivity index (χ0n) is 20.7. The van der Waals surface area contributed by atoms with Crippen molar-refractivity contribution in [2.45, 2.75) is 13.2 Å². The molecule has 0 unspecified atom stereocenters. The summed E-state index contributed by atoms with van der Waals surface area (Å²) in [6.07, 6.45) is 1.51. The fraction of sp³-hybridized carbons (Fsp3) is 0.0968. The highest BCUT2D eigenvalue weighted by Gasteiger charge is 2.11. The van der Waals surface area contributed by atoms with Crippen molar-refractivity contribution in [2.75, 3.05) is 12.4 Å². The third-order valence-corrected chi connectivity index (χ3v) is 5.88. The van der Waals surface area contributed by atoms with Crippen molar-refractivity contribution in [3.05, 3.63) is 124 Å². The lowest BCUT2D eigenvalue weighted by molar-refractivity contribution is -0.112. The molecule has 0 bridgehead atoms. The summed E-state index contributed by atoms with van der Waals surface area (Å²) in [7, 11) is 1.60. The Kier molecular flexibility index (Phi) is 9.01. The molecule has 0 spiro atoms.